The first-order chi connectivity index (χ1) is 15.6. The van der Waals surface area contributed by atoms with E-state index in [-0.39, 0.29) is 16.5 Å². The quantitative estimate of drug-likeness (QED) is 0.526. The van der Waals surface area contributed by atoms with Gasteiger partial charge in [0.15, 0.2) is 0 Å². The van der Waals surface area contributed by atoms with E-state index in [0.29, 0.717) is 17.5 Å². The summed E-state index contributed by atoms with van der Waals surface area (Å²) in [6.07, 6.45) is 1.18. The summed E-state index contributed by atoms with van der Waals surface area (Å²) in [5.74, 6) is 4.14. The van der Waals surface area contributed by atoms with Crippen molar-refractivity contribution in [2.24, 2.45) is 5.92 Å². The van der Waals surface area contributed by atoms with Crippen LogP contribution in [-0.4, -0.2) is 23.0 Å². The Bertz CT molecular complexity index is 1070. The number of hydrogen-bond acceptors (Lipinski definition) is 2. The molecule has 1 amide bonds. The van der Waals surface area contributed by atoms with Crippen molar-refractivity contribution in [1.82, 2.24) is 5.32 Å². The normalized spacial score (nSPS) is 15.3. The molecule has 0 bridgehead atoms. The number of carboxylic acids is 1. The van der Waals surface area contributed by atoms with Gasteiger partial charge in [-0.3, -0.25) is 4.79 Å². The van der Waals surface area contributed by atoms with Crippen LogP contribution in [0, 0.1) is 17.8 Å². The molecule has 2 aromatic rings. The van der Waals surface area contributed by atoms with Crippen molar-refractivity contribution in [3.05, 3.63) is 69.7 Å². The molecule has 0 radical (unpaired) electrons. The van der Waals surface area contributed by atoms with E-state index in [2.05, 4.69) is 17.2 Å². The number of alkyl halides is 3. The van der Waals surface area contributed by atoms with Gasteiger partial charge in [0.05, 0.1) is 10.6 Å². The average molecular weight is 478 g/mol. The number of nitrogens with one attached hydrogen (secondary N) is 1. The van der Waals surface area contributed by atoms with Gasteiger partial charge in [-0.25, -0.2) is 4.79 Å². The number of benzene rings is 2. The van der Waals surface area contributed by atoms with Crippen molar-refractivity contribution in [2.75, 3.05) is 0 Å². The maximum atomic E-state index is 12.7. The predicted octanol–water partition coefficient (Wildman–Crippen LogP) is 5.91. The Morgan fingerprint density at radius 3 is 2.33 bits per heavy atom. The van der Waals surface area contributed by atoms with Gasteiger partial charge in [-0.2, -0.15) is 13.2 Å². The number of carbonyl (C=O) groups excluding carboxylic acids is 1. The number of aliphatic carboxylic acids is 1. The van der Waals surface area contributed by atoms with Crippen molar-refractivity contribution in [2.45, 2.75) is 50.7 Å². The lowest BCUT2D eigenvalue weighted by molar-refractivity contribution is -0.140. The Morgan fingerprint density at radius 2 is 1.73 bits per heavy atom. The summed E-state index contributed by atoms with van der Waals surface area (Å²) >= 11 is 6.16. The number of amides is 1. The number of hydrogen-bond donors (Lipinski definition) is 2. The molecule has 174 valence electrons. The maximum absolute atomic E-state index is 12.7. The Kier molecular flexibility index (Phi) is 8.04. The zero-order chi connectivity index (χ0) is 24.0. The van der Waals surface area contributed by atoms with Crippen molar-refractivity contribution in [1.29, 1.82) is 0 Å². The number of carbonyl (C=O) groups is 2. The van der Waals surface area contributed by atoms with E-state index in [1.54, 1.807) is 0 Å². The highest BCUT2D eigenvalue weighted by Gasteiger charge is 2.30. The van der Waals surface area contributed by atoms with Gasteiger partial charge in [0.25, 0.3) is 5.91 Å². The van der Waals surface area contributed by atoms with Crippen molar-refractivity contribution in [3.8, 4) is 11.8 Å². The standard InChI is InChI=1S/C25H23ClF3NO3/c26-21-13-10-19(23(31)30-22(24(32)33)14-17-4-2-1-3-5-17)15-18(21)9-6-16-7-11-20(12-8-16)25(27,28)29/h7-8,10-13,15,17,22H,1-5,14H2,(H,30,31)(H,32,33). The van der Waals surface area contributed by atoms with Crippen molar-refractivity contribution >= 4 is 23.5 Å². The SMILES string of the molecule is O=C(NC(CC1CCCCC1)C(=O)O)c1ccc(Cl)c(C#Cc2ccc(C(F)(F)F)cc2)c1. The van der Waals surface area contributed by atoms with E-state index < -0.39 is 29.7 Å². The van der Waals surface area contributed by atoms with Gasteiger partial charge >= 0.3 is 12.1 Å². The highest BCUT2D eigenvalue weighted by atomic mass is 35.5. The summed E-state index contributed by atoms with van der Waals surface area (Å²) < 4.78 is 38.1. The van der Waals surface area contributed by atoms with Gasteiger partial charge in [0.2, 0.25) is 0 Å². The van der Waals surface area contributed by atoms with E-state index in [1.165, 1.54) is 30.3 Å². The molecule has 8 heteroatoms. The highest BCUT2D eigenvalue weighted by Crippen LogP contribution is 2.29. The Morgan fingerprint density at radius 1 is 1.06 bits per heavy atom. The largest absolute Gasteiger partial charge is 0.480 e. The van der Waals surface area contributed by atoms with Gasteiger partial charge in [0.1, 0.15) is 6.04 Å². The molecular formula is C25H23ClF3NO3. The van der Waals surface area contributed by atoms with Gasteiger partial charge < -0.3 is 10.4 Å². The second-order valence-electron chi connectivity index (χ2n) is 8.12. The molecule has 1 unspecified atom stereocenters. The second-order valence-corrected chi connectivity index (χ2v) is 8.53. The lowest BCUT2D eigenvalue weighted by atomic mass is 9.85. The highest BCUT2D eigenvalue weighted by molar-refractivity contribution is 6.31. The first-order valence-electron chi connectivity index (χ1n) is 10.7. The van der Waals surface area contributed by atoms with Crippen molar-refractivity contribution < 1.29 is 27.9 Å². The fourth-order valence-corrected chi connectivity index (χ4v) is 4.03. The van der Waals surface area contributed by atoms with E-state index in [9.17, 15) is 27.9 Å². The third-order valence-electron chi connectivity index (χ3n) is 5.68. The summed E-state index contributed by atoms with van der Waals surface area (Å²) in [6.45, 7) is 0. The van der Waals surface area contributed by atoms with Crippen LogP contribution in [0.1, 0.15) is 65.6 Å². The zero-order valence-corrected chi connectivity index (χ0v) is 18.5. The van der Waals surface area contributed by atoms with Gasteiger partial charge in [-0.1, -0.05) is 55.5 Å². The monoisotopic (exact) mass is 477 g/mol. The van der Waals surface area contributed by atoms with Crippen LogP contribution in [-0.2, 0) is 11.0 Å². The lowest BCUT2D eigenvalue weighted by Gasteiger charge is -2.25. The third-order valence-corrected chi connectivity index (χ3v) is 6.01. The first-order valence-corrected chi connectivity index (χ1v) is 11.0. The number of rotatable bonds is 5. The van der Waals surface area contributed by atoms with Crippen molar-refractivity contribution in [3.63, 3.8) is 0 Å². The van der Waals surface area contributed by atoms with Crippen LogP contribution in [0.25, 0.3) is 0 Å². The lowest BCUT2D eigenvalue weighted by Crippen LogP contribution is -2.42. The Balaban J connectivity index is 1.73. The third kappa shape index (κ3) is 7.00. The summed E-state index contributed by atoms with van der Waals surface area (Å²) in [6, 6.07) is 7.78. The Labute approximate surface area is 195 Å². The van der Waals surface area contributed by atoms with Crippen LogP contribution in [0.2, 0.25) is 5.02 Å². The fraction of sp³-hybridized carbons (Fsp3) is 0.360. The van der Waals surface area contributed by atoms with Crippen LogP contribution in [0.3, 0.4) is 0 Å². The molecule has 1 saturated carbocycles. The summed E-state index contributed by atoms with van der Waals surface area (Å²) in [7, 11) is 0. The van der Waals surface area contributed by atoms with Crippen LogP contribution < -0.4 is 5.32 Å². The minimum atomic E-state index is -4.43. The average Bonchev–Trinajstić information content (AvgIpc) is 2.78. The molecule has 0 aromatic heterocycles. The van der Waals surface area contributed by atoms with E-state index >= 15 is 0 Å². The molecule has 2 aromatic carbocycles. The number of carboxylic acid groups (broad SMARTS) is 1. The number of halogens is 4. The topological polar surface area (TPSA) is 66.4 Å². The molecule has 1 fully saturated rings. The zero-order valence-electron chi connectivity index (χ0n) is 17.7. The van der Waals surface area contributed by atoms with E-state index in [4.69, 9.17) is 11.6 Å². The molecule has 0 saturated heterocycles. The summed E-state index contributed by atoms with van der Waals surface area (Å²) in [5.41, 5.74) is 0.0905. The van der Waals surface area contributed by atoms with Crippen LogP contribution >= 0.6 is 11.6 Å². The molecule has 0 spiro atoms. The summed E-state index contributed by atoms with van der Waals surface area (Å²) in [5, 5.41) is 12.4. The molecule has 1 aliphatic carbocycles. The smallest absolute Gasteiger partial charge is 0.416 e. The second kappa shape index (κ2) is 10.8. The fourth-order valence-electron chi connectivity index (χ4n) is 3.86. The van der Waals surface area contributed by atoms with E-state index in [1.807, 2.05) is 0 Å². The summed E-state index contributed by atoms with van der Waals surface area (Å²) in [4.78, 5) is 24.4. The molecule has 1 atom stereocenters. The molecule has 2 N–H and O–H groups in total. The van der Waals surface area contributed by atoms with Crippen LogP contribution in [0.15, 0.2) is 42.5 Å². The molecule has 33 heavy (non-hydrogen) atoms. The molecule has 4 nitrogen and oxygen atoms in total. The van der Waals surface area contributed by atoms with Gasteiger partial charge in [-0.05, 0) is 54.8 Å². The molecular weight excluding hydrogens is 455 g/mol. The maximum Gasteiger partial charge on any atom is 0.416 e. The van der Waals surface area contributed by atoms with Crippen LogP contribution in [0.4, 0.5) is 13.2 Å². The molecule has 3 rings (SSSR count). The van der Waals surface area contributed by atoms with Gasteiger partial charge in [-0.15, -0.1) is 0 Å². The molecule has 1 aliphatic rings. The van der Waals surface area contributed by atoms with E-state index in [0.717, 1.165) is 44.2 Å². The van der Waals surface area contributed by atoms with Gasteiger partial charge in [0, 0.05) is 16.7 Å². The molecule has 0 heterocycles. The predicted molar refractivity (Wildman–Crippen MR) is 119 cm³/mol. The first kappa shape index (κ1) is 24.7. The Hall–Kier alpha value is -2.98. The van der Waals surface area contributed by atoms with Crippen LogP contribution in [0.5, 0.6) is 0 Å². The minimum absolute atomic E-state index is 0.200. The molecule has 0 aliphatic heterocycles. The minimum Gasteiger partial charge on any atom is -0.480 e.